The van der Waals surface area contributed by atoms with E-state index in [0.717, 1.165) is 11.3 Å². The molecule has 1 amide bonds. The predicted molar refractivity (Wildman–Crippen MR) is 109 cm³/mol. The SMILES string of the molecule is CCOc1ccc(/C=C/C(=O)OC(C)C(=O)Nc2cc(Cl)ccc2OC)cc1. The number of methoxy groups -OCH3 is 1. The van der Waals surface area contributed by atoms with Gasteiger partial charge in [-0.1, -0.05) is 23.7 Å². The molecule has 6 nitrogen and oxygen atoms in total. The first-order chi connectivity index (χ1) is 13.4. The predicted octanol–water partition coefficient (Wildman–Crippen LogP) is 4.33. The number of carbonyl (C=O) groups is 2. The molecule has 0 saturated heterocycles. The summed E-state index contributed by atoms with van der Waals surface area (Å²) in [6.45, 7) is 3.97. The van der Waals surface area contributed by atoms with E-state index in [0.29, 0.717) is 23.1 Å². The Bertz CT molecular complexity index is 848. The number of carbonyl (C=O) groups excluding carboxylic acids is 2. The van der Waals surface area contributed by atoms with Crippen molar-refractivity contribution in [3.05, 3.63) is 59.1 Å². The molecule has 2 aromatic rings. The zero-order chi connectivity index (χ0) is 20.5. The molecule has 1 N–H and O–H groups in total. The van der Waals surface area contributed by atoms with Gasteiger partial charge in [0, 0.05) is 11.1 Å². The zero-order valence-corrected chi connectivity index (χ0v) is 16.7. The molecule has 148 valence electrons. The van der Waals surface area contributed by atoms with Crippen LogP contribution in [0, 0.1) is 0 Å². The number of nitrogens with one attached hydrogen (secondary N) is 1. The largest absolute Gasteiger partial charge is 0.495 e. The lowest BCUT2D eigenvalue weighted by Gasteiger charge is -2.14. The first-order valence-electron chi connectivity index (χ1n) is 8.69. The Kier molecular flexibility index (Phi) is 7.89. The summed E-state index contributed by atoms with van der Waals surface area (Å²) in [5, 5.41) is 3.08. The fourth-order valence-electron chi connectivity index (χ4n) is 2.29. The molecule has 0 fully saturated rings. The van der Waals surface area contributed by atoms with Crippen LogP contribution in [0.15, 0.2) is 48.5 Å². The third-order valence-corrected chi connectivity index (χ3v) is 3.92. The number of rotatable bonds is 8. The van der Waals surface area contributed by atoms with Crippen molar-refractivity contribution in [2.75, 3.05) is 19.0 Å². The van der Waals surface area contributed by atoms with Crippen LogP contribution in [-0.2, 0) is 14.3 Å². The number of hydrogen-bond donors (Lipinski definition) is 1. The van der Waals surface area contributed by atoms with Crippen LogP contribution in [-0.4, -0.2) is 31.7 Å². The molecular weight excluding hydrogens is 382 g/mol. The molecule has 2 aromatic carbocycles. The van der Waals surface area contributed by atoms with Gasteiger partial charge in [0.1, 0.15) is 11.5 Å². The van der Waals surface area contributed by atoms with E-state index < -0.39 is 18.0 Å². The highest BCUT2D eigenvalue weighted by Crippen LogP contribution is 2.27. The summed E-state index contributed by atoms with van der Waals surface area (Å²) in [4.78, 5) is 24.2. The van der Waals surface area contributed by atoms with Crippen molar-refractivity contribution < 1.29 is 23.8 Å². The van der Waals surface area contributed by atoms with Gasteiger partial charge in [-0.15, -0.1) is 0 Å². The van der Waals surface area contributed by atoms with Crippen LogP contribution in [0.1, 0.15) is 19.4 Å². The Hall–Kier alpha value is -2.99. The van der Waals surface area contributed by atoms with Crippen LogP contribution in [0.25, 0.3) is 6.08 Å². The number of ether oxygens (including phenoxy) is 3. The molecule has 0 aliphatic heterocycles. The van der Waals surface area contributed by atoms with Gasteiger partial charge in [-0.25, -0.2) is 4.79 Å². The fraction of sp³-hybridized carbons (Fsp3) is 0.238. The number of esters is 1. The highest BCUT2D eigenvalue weighted by molar-refractivity contribution is 6.31. The topological polar surface area (TPSA) is 73.9 Å². The lowest BCUT2D eigenvalue weighted by atomic mass is 10.2. The third-order valence-electron chi connectivity index (χ3n) is 3.68. The van der Waals surface area contributed by atoms with Crippen molar-refractivity contribution in [3.8, 4) is 11.5 Å². The van der Waals surface area contributed by atoms with Gasteiger partial charge in [-0.3, -0.25) is 4.79 Å². The minimum atomic E-state index is -0.999. The maximum Gasteiger partial charge on any atom is 0.331 e. The Morgan fingerprint density at radius 2 is 1.89 bits per heavy atom. The van der Waals surface area contributed by atoms with Crippen LogP contribution < -0.4 is 14.8 Å². The molecule has 0 spiro atoms. The van der Waals surface area contributed by atoms with E-state index in [-0.39, 0.29) is 0 Å². The second kappa shape index (κ2) is 10.4. The van der Waals surface area contributed by atoms with Crippen molar-refractivity contribution in [3.63, 3.8) is 0 Å². The number of benzene rings is 2. The standard InChI is InChI=1S/C21H22ClNO5/c1-4-27-17-9-5-15(6-10-17)7-12-20(24)28-14(2)21(25)23-18-13-16(22)8-11-19(18)26-3/h5-14H,4H2,1-3H3,(H,23,25)/b12-7+. The molecule has 0 aliphatic rings. The van der Waals surface area contributed by atoms with Crippen molar-refractivity contribution in [2.24, 2.45) is 0 Å². The van der Waals surface area contributed by atoms with Gasteiger partial charge in [-0.05, 0) is 55.8 Å². The lowest BCUT2D eigenvalue weighted by molar-refractivity contribution is -0.148. The molecule has 0 aromatic heterocycles. The van der Waals surface area contributed by atoms with Gasteiger partial charge < -0.3 is 19.5 Å². The van der Waals surface area contributed by atoms with Crippen molar-refractivity contribution in [2.45, 2.75) is 20.0 Å². The maximum atomic E-state index is 12.3. The summed E-state index contributed by atoms with van der Waals surface area (Å²) in [6, 6.07) is 12.1. The van der Waals surface area contributed by atoms with Crippen molar-refractivity contribution >= 4 is 35.2 Å². The van der Waals surface area contributed by atoms with Crippen LogP contribution in [0.5, 0.6) is 11.5 Å². The van der Waals surface area contributed by atoms with Crippen LogP contribution in [0.4, 0.5) is 5.69 Å². The van der Waals surface area contributed by atoms with Gasteiger partial charge in [0.05, 0.1) is 19.4 Å². The molecule has 7 heteroatoms. The summed E-state index contributed by atoms with van der Waals surface area (Å²) in [5.41, 5.74) is 1.20. The van der Waals surface area contributed by atoms with Gasteiger partial charge in [0.15, 0.2) is 6.10 Å². The molecule has 1 atom stereocenters. The molecule has 0 heterocycles. The Labute approximate surface area is 169 Å². The van der Waals surface area contributed by atoms with Crippen LogP contribution in [0.2, 0.25) is 5.02 Å². The van der Waals surface area contributed by atoms with Gasteiger partial charge in [-0.2, -0.15) is 0 Å². The molecule has 1 unspecified atom stereocenters. The monoisotopic (exact) mass is 403 g/mol. The third kappa shape index (κ3) is 6.32. The number of anilines is 1. The fourth-order valence-corrected chi connectivity index (χ4v) is 2.46. The number of amides is 1. The Balaban J connectivity index is 1.92. The minimum Gasteiger partial charge on any atom is -0.495 e. The quantitative estimate of drug-likeness (QED) is 0.524. The highest BCUT2D eigenvalue weighted by Gasteiger charge is 2.18. The van der Waals surface area contributed by atoms with E-state index in [9.17, 15) is 9.59 Å². The molecule has 0 bridgehead atoms. The molecule has 0 saturated carbocycles. The molecular formula is C21H22ClNO5. The number of halogens is 1. The van der Waals surface area contributed by atoms with E-state index >= 15 is 0 Å². The summed E-state index contributed by atoms with van der Waals surface area (Å²) in [6.07, 6.45) is 1.86. The number of hydrogen-bond acceptors (Lipinski definition) is 5. The van der Waals surface area contributed by atoms with E-state index in [2.05, 4.69) is 5.32 Å². The van der Waals surface area contributed by atoms with Gasteiger partial charge in [0.25, 0.3) is 5.91 Å². The highest BCUT2D eigenvalue weighted by atomic mass is 35.5. The van der Waals surface area contributed by atoms with Gasteiger partial charge >= 0.3 is 5.97 Å². The minimum absolute atomic E-state index is 0.396. The van der Waals surface area contributed by atoms with E-state index in [4.69, 9.17) is 25.8 Å². The first kappa shape index (κ1) is 21.3. The average molecular weight is 404 g/mol. The smallest absolute Gasteiger partial charge is 0.331 e. The van der Waals surface area contributed by atoms with Crippen molar-refractivity contribution in [1.82, 2.24) is 0 Å². The van der Waals surface area contributed by atoms with Crippen LogP contribution in [0.3, 0.4) is 0 Å². The second-order valence-electron chi connectivity index (χ2n) is 5.75. The average Bonchev–Trinajstić information content (AvgIpc) is 2.68. The lowest BCUT2D eigenvalue weighted by Crippen LogP contribution is -2.29. The van der Waals surface area contributed by atoms with E-state index in [1.54, 1.807) is 24.3 Å². The molecule has 2 rings (SSSR count). The summed E-state index contributed by atoms with van der Waals surface area (Å²) in [7, 11) is 1.48. The maximum absolute atomic E-state index is 12.3. The Morgan fingerprint density at radius 3 is 2.54 bits per heavy atom. The summed E-state index contributed by atoms with van der Waals surface area (Å²) in [5.74, 6) is 0.0774. The molecule has 28 heavy (non-hydrogen) atoms. The van der Waals surface area contributed by atoms with Crippen molar-refractivity contribution in [1.29, 1.82) is 0 Å². The second-order valence-corrected chi connectivity index (χ2v) is 6.18. The molecule has 0 aliphatic carbocycles. The van der Waals surface area contributed by atoms with Crippen LogP contribution >= 0.6 is 11.6 Å². The summed E-state index contributed by atoms with van der Waals surface area (Å²) >= 11 is 5.94. The summed E-state index contributed by atoms with van der Waals surface area (Å²) < 4.78 is 15.7. The van der Waals surface area contributed by atoms with Gasteiger partial charge in [0.2, 0.25) is 0 Å². The van der Waals surface area contributed by atoms with E-state index in [1.807, 2.05) is 31.2 Å². The van der Waals surface area contributed by atoms with E-state index in [1.165, 1.54) is 20.1 Å². The Morgan fingerprint density at radius 1 is 1.18 bits per heavy atom. The molecule has 0 radical (unpaired) electrons. The first-order valence-corrected chi connectivity index (χ1v) is 9.06. The zero-order valence-electron chi connectivity index (χ0n) is 15.9. The normalized spacial score (nSPS) is 11.7.